The summed E-state index contributed by atoms with van der Waals surface area (Å²) in [4.78, 5) is 32.6. The number of hydrogen-bond acceptors (Lipinski definition) is 5. The fraction of sp³-hybridized carbons (Fsp3) is 0.750. The Morgan fingerprint density at radius 3 is 2.52 bits per heavy atom. The highest BCUT2D eigenvalue weighted by atomic mass is 16.2. The SMILES string of the molecule is CCN(CC)c1nc2c(c(=O)n1[C@H]1CC[C@H](C(=O)NC)CC1)C[C@@H](C)NC2. The second-order valence-corrected chi connectivity index (χ2v) is 7.79. The highest BCUT2D eigenvalue weighted by molar-refractivity contribution is 5.78. The van der Waals surface area contributed by atoms with Crippen molar-refractivity contribution >= 4 is 11.9 Å². The average molecular weight is 376 g/mol. The van der Waals surface area contributed by atoms with E-state index in [0.717, 1.165) is 62.4 Å². The van der Waals surface area contributed by atoms with Crippen molar-refractivity contribution in [3.05, 3.63) is 21.6 Å². The Bertz CT molecular complexity index is 733. The van der Waals surface area contributed by atoms with E-state index in [9.17, 15) is 9.59 Å². The van der Waals surface area contributed by atoms with Crippen molar-refractivity contribution < 1.29 is 4.79 Å². The number of fused-ring (bicyclic) bond motifs is 1. The maximum atomic E-state index is 13.5. The minimum absolute atomic E-state index is 0.0636. The van der Waals surface area contributed by atoms with Gasteiger partial charge in [-0.05, 0) is 52.9 Å². The van der Waals surface area contributed by atoms with Crippen molar-refractivity contribution in [3.63, 3.8) is 0 Å². The summed E-state index contributed by atoms with van der Waals surface area (Å²) in [6.45, 7) is 8.60. The molecule has 0 saturated heterocycles. The van der Waals surface area contributed by atoms with Gasteiger partial charge in [0.2, 0.25) is 11.9 Å². The average Bonchev–Trinajstić information content (AvgIpc) is 2.69. The molecule has 2 heterocycles. The second-order valence-electron chi connectivity index (χ2n) is 7.79. The molecule has 1 aliphatic heterocycles. The van der Waals surface area contributed by atoms with E-state index in [-0.39, 0.29) is 23.4 Å². The van der Waals surface area contributed by atoms with Crippen LogP contribution in [0.1, 0.15) is 63.8 Å². The second kappa shape index (κ2) is 8.42. The molecule has 1 saturated carbocycles. The van der Waals surface area contributed by atoms with Crippen molar-refractivity contribution in [2.45, 2.75) is 71.5 Å². The van der Waals surface area contributed by atoms with Crippen LogP contribution in [0.15, 0.2) is 4.79 Å². The summed E-state index contributed by atoms with van der Waals surface area (Å²) >= 11 is 0. The number of amides is 1. The molecule has 2 N–H and O–H groups in total. The van der Waals surface area contributed by atoms with Crippen LogP contribution in [0.4, 0.5) is 5.95 Å². The maximum Gasteiger partial charge on any atom is 0.258 e. The smallest absolute Gasteiger partial charge is 0.258 e. The number of carbonyl (C=O) groups is 1. The zero-order valence-corrected chi connectivity index (χ0v) is 17.0. The molecule has 0 unspecified atom stereocenters. The maximum absolute atomic E-state index is 13.5. The third kappa shape index (κ3) is 3.88. The van der Waals surface area contributed by atoms with Gasteiger partial charge in [0.1, 0.15) is 0 Å². The Morgan fingerprint density at radius 1 is 1.26 bits per heavy atom. The lowest BCUT2D eigenvalue weighted by Gasteiger charge is -2.34. The standard InChI is InChI=1S/C20H33N5O2/c1-5-24(6-2)20-23-17-12-22-13(3)11-16(17)19(27)25(20)15-9-7-14(8-10-15)18(26)21-4/h13-15,22H,5-12H2,1-4H3,(H,21,26)/t13-,14-,15-/m1/s1. The van der Waals surface area contributed by atoms with E-state index >= 15 is 0 Å². The monoisotopic (exact) mass is 375 g/mol. The number of rotatable bonds is 5. The van der Waals surface area contributed by atoms with Crippen LogP contribution in [0.3, 0.4) is 0 Å². The number of carbonyl (C=O) groups excluding carboxylic acids is 1. The van der Waals surface area contributed by atoms with Gasteiger partial charge in [0.25, 0.3) is 5.56 Å². The van der Waals surface area contributed by atoms with Gasteiger partial charge in [-0.3, -0.25) is 14.2 Å². The Hall–Kier alpha value is -1.89. The molecule has 2 aliphatic rings. The van der Waals surface area contributed by atoms with E-state index in [4.69, 9.17) is 4.98 Å². The first-order valence-electron chi connectivity index (χ1n) is 10.3. The summed E-state index contributed by atoms with van der Waals surface area (Å²) in [6, 6.07) is 0.417. The van der Waals surface area contributed by atoms with E-state index in [1.807, 2.05) is 4.57 Å². The number of hydrogen-bond donors (Lipinski definition) is 2. The van der Waals surface area contributed by atoms with Crippen LogP contribution < -0.4 is 21.1 Å². The summed E-state index contributed by atoms with van der Waals surface area (Å²) in [5.74, 6) is 0.977. The zero-order valence-electron chi connectivity index (χ0n) is 17.0. The quantitative estimate of drug-likeness (QED) is 0.817. The van der Waals surface area contributed by atoms with Crippen LogP contribution in [-0.2, 0) is 17.8 Å². The molecule has 7 heteroatoms. The first-order chi connectivity index (χ1) is 13.0. The van der Waals surface area contributed by atoms with Crippen LogP contribution in [-0.4, -0.2) is 41.6 Å². The summed E-state index contributed by atoms with van der Waals surface area (Å²) in [5.41, 5.74) is 1.89. The van der Waals surface area contributed by atoms with E-state index in [0.29, 0.717) is 12.6 Å². The Balaban J connectivity index is 1.99. The highest BCUT2D eigenvalue weighted by Gasteiger charge is 2.31. The Kier molecular flexibility index (Phi) is 6.19. The minimum atomic E-state index is 0.0636. The molecule has 1 aromatic rings. The van der Waals surface area contributed by atoms with Gasteiger partial charge in [-0.25, -0.2) is 4.98 Å². The van der Waals surface area contributed by atoms with Crippen molar-refractivity contribution in [1.29, 1.82) is 0 Å². The van der Waals surface area contributed by atoms with Crippen LogP contribution in [0.5, 0.6) is 0 Å². The molecule has 0 bridgehead atoms. The molecule has 0 aromatic carbocycles. The molecule has 1 aliphatic carbocycles. The van der Waals surface area contributed by atoms with Crippen molar-refractivity contribution in [1.82, 2.24) is 20.2 Å². The van der Waals surface area contributed by atoms with Crippen molar-refractivity contribution in [2.24, 2.45) is 5.92 Å². The predicted octanol–water partition coefficient (Wildman–Crippen LogP) is 1.60. The summed E-state index contributed by atoms with van der Waals surface area (Å²) < 4.78 is 1.95. The van der Waals surface area contributed by atoms with Gasteiger partial charge in [-0.1, -0.05) is 0 Å². The molecule has 150 valence electrons. The minimum Gasteiger partial charge on any atom is -0.359 e. The van der Waals surface area contributed by atoms with E-state index < -0.39 is 0 Å². The predicted molar refractivity (Wildman–Crippen MR) is 107 cm³/mol. The normalized spacial score (nSPS) is 25.0. The number of nitrogens with one attached hydrogen (secondary N) is 2. The molecule has 0 radical (unpaired) electrons. The van der Waals surface area contributed by atoms with Crippen LogP contribution >= 0.6 is 0 Å². The molecule has 0 spiro atoms. The lowest BCUT2D eigenvalue weighted by atomic mass is 9.85. The number of anilines is 1. The van der Waals surface area contributed by atoms with Gasteiger partial charge in [0.05, 0.1) is 5.69 Å². The summed E-state index contributed by atoms with van der Waals surface area (Å²) in [7, 11) is 1.69. The first kappa shape index (κ1) is 19.9. The summed E-state index contributed by atoms with van der Waals surface area (Å²) in [6.07, 6.45) is 4.07. The Labute approximate surface area is 161 Å². The summed E-state index contributed by atoms with van der Waals surface area (Å²) in [5, 5.41) is 6.18. The lowest BCUT2D eigenvalue weighted by molar-refractivity contribution is -0.125. The van der Waals surface area contributed by atoms with Gasteiger partial charge in [-0.15, -0.1) is 0 Å². The molecule has 7 nitrogen and oxygen atoms in total. The fourth-order valence-electron chi connectivity index (χ4n) is 4.46. The van der Waals surface area contributed by atoms with Gasteiger partial charge in [0.15, 0.2) is 0 Å². The molecule has 27 heavy (non-hydrogen) atoms. The third-order valence-electron chi connectivity index (χ3n) is 6.13. The molecular formula is C20H33N5O2. The van der Waals surface area contributed by atoms with Gasteiger partial charge in [-0.2, -0.15) is 0 Å². The zero-order chi connectivity index (χ0) is 19.6. The number of aromatic nitrogens is 2. The van der Waals surface area contributed by atoms with Crippen LogP contribution in [0.25, 0.3) is 0 Å². The number of nitrogens with zero attached hydrogens (tertiary/aromatic N) is 3. The largest absolute Gasteiger partial charge is 0.359 e. The molecule has 1 aromatic heterocycles. The fourth-order valence-corrected chi connectivity index (χ4v) is 4.46. The van der Waals surface area contributed by atoms with Crippen LogP contribution in [0, 0.1) is 5.92 Å². The highest BCUT2D eigenvalue weighted by Crippen LogP contribution is 2.34. The third-order valence-corrected chi connectivity index (χ3v) is 6.13. The van der Waals surface area contributed by atoms with Crippen molar-refractivity contribution in [2.75, 3.05) is 25.0 Å². The van der Waals surface area contributed by atoms with Gasteiger partial charge in [0, 0.05) is 50.2 Å². The molecule has 3 rings (SSSR count). The molecule has 1 amide bonds. The first-order valence-corrected chi connectivity index (χ1v) is 10.3. The van der Waals surface area contributed by atoms with Crippen molar-refractivity contribution in [3.8, 4) is 0 Å². The van der Waals surface area contributed by atoms with E-state index in [1.165, 1.54) is 0 Å². The van der Waals surface area contributed by atoms with Gasteiger partial charge < -0.3 is 15.5 Å². The van der Waals surface area contributed by atoms with Gasteiger partial charge >= 0.3 is 0 Å². The van der Waals surface area contributed by atoms with Crippen LogP contribution in [0.2, 0.25) is 0 Å². The topological polar surface area (TPSA) is 79.3 Å². The molecule has 1 fully saturated rings. The molecule has 1 atom stereocenters. The van der Waals surface area contributed by atoms with E-state index in [2.05, 4.69) is 36.3 Å². The Morgan fingerprint density at radius 2 is 1.93 bits per heavy atom. The molecular weight excluding hydrogens is 342 g/mol. The lowest BCUT2D eigenvalue weighted by Crippen LogP contribution is -2.43. The van der Waals surface area contributed by atoms with E-state index in [1.54, 1.807) is 7.05 Å².